The van der Waals surface area contributed by atoms with E-state index in [1.807, 2.05) is 30.3 Å². The fourth-order valence-corrected chi connectivity index (χ4v) is 4.99. The first-order valence-corrected chi connectivity index (χ1v) is 10.3. The molecule has 136 valence electrons. The Hall–Kier alpha value is -2.49. The normalized spacial score (nSPS) is 10.9. The van der Waals surface area contributed by atoms with Gasteiger partial charge in [0.15, 0.2) is 0 Å². The van der Waals surface area contributed by atoms with Crippen LogP contribution in [0.5, 0.6) is 0 Å². The molecule has 0 saturated heterocycles. The largest absolute Gasteiger partial charge is 0.345 e. The van der Waals surface area contributed by atoms with Crippen molar-refractivity contribution in [1.29, 1.82) is 0 Å². The average molecular weight is 461 g/mol. The van der Waals surface area contributed by atoms with E-state index in [1.54, 1.807) is 41.3 Å². The number of benzene rings is 1. The number of aryl methyl sites for hydroxylation is 1. The van der Waals surface area contributed by atoms with Crippen molar-refractivity contribution in [3.05, 3.63) is 63.7 Å². The van der Waals surface area contributed by atoms with E-state index in [4.69, 9.17) is 0 Å². The van der Waals surface area contributed by atoms with Crippen LogP contribution in [0.4, 0.5) is 0 Å². The molecule has 6 nitrogen and oxygen atoms in total. The highest BCUT2D eigenvalue weighted by Crippen LogP contribution is 2.34. The number of thiazole rings is 1. The van der Waals surface area contributed by atoms with E-state index in [9.17, 15) is 9.59 Å². The first-order chi connectivity index (χ1) is 13.0. The zero-order chi connectivity index (χ0) is 19.0. The maximum atomic E-state index is 12.3. The quantitative estimate of drug-likeness (QED) is 0.449. The highest BCUT2D eigenvalue weighted by Gasteiger charge is 2.15. The zero-order valence-electron chi connectivity index (χ0n) is 14.0. The van der Waals surface area contributed by atoms with Gasteiger partial charge >= 0.3 is 0 Å². The predicted octanol–water partition coefficient (Wildman–Crippen LogP) is 4.20. The molecule has 1 aromatic carbocycles. The fourth-order valence-electron chi connectivity index (χ4n) is 2.54. The van der Waals surface area contributed by atoms with Gasteiger partial charge in [0, 0.05) is 17.7 Å². The molecule has 3 aromatic heterocycles. The Morgan fingerprint density at radius 3 is 2.59 bits per heavy atom. The minimum absolute atomic E-state index is 0.367. The number of thiophene rings is 1. The Bertz CT molecular complexity index is 1130. The molecule has 0 aliphatic heterocycles. The van der Waals surface area contributed by atoms with Crippen molar-refractivity contribution >= 4 is 60.6 Å². The van der Waals surface area contributed by atoms with Crippen molar-refractivity contribution in [1.82, 2.24) is 20.4 Å². The molecule has 0 fully saturated rings. The Morgan fingerprint density at radius 1 is 1.07 bits per heavy atom. The number of fused-ring (bicyclic) bond motifs is 1. The number of carbonyl (C=O) groups is 2. The van der Waals surface area contributed by atoms with Gasteiger partial charge in [-0.3, -0.25) is 20.4 Å². The molecule has 0 atom stereocenters. The van der Waals surface area contributed by atoms with Crippen LogP contribution in [0.25, 0.3) is 20.1 Å². The molecule has 2 N–H and O–H groups in total. The number of rotatable bonds is 3. The van der Waals surface area contributed by atoms with E-state index in [1.165, 1.54) is 11.3 Å². The minimum Gasteiger partial charge on any atom is -0.345 e. The SMILES string of the molecule is Cn1cc(Br)cc1C(=O)NNC(=O)c1ccc(-c2nc3ccccc3s2)s1. The fraction of sp³-hybridized carbons (Fsp3) is 0.0556. The van der Waals surface area contributed by atoms with Crippen molar-refractivity contribution in [2.24, 2.45) is 7.05 Å². The number of nitrogens with one attached hydrogen (secondary N) is 2. The van der Waals surface area contributed by atoms with Crippen LogP contribution in [-0.2, 0) is 7.05 Å². The standard InChI is InChI=1S/C18H13BrN4O2S2/c1-23-9-10(19)8-12(23)16(24)21-22-17(25)14-6-7-15(26-14)18-20-11-4-2-3-5-13(11)27-18/h2-9H,1H3,(H,21,24)(H,22,25). The lowest BCUT2D eigenvalue weighted by molar-refractivity contribution is 0.0844. The van der Waals surface area contributed by atoms with Crippen LogP contribution in [0, 0.1) is 0 Å². The Kier molecular flexibility index (Phi) is 4.81. The number of nitrogens with zero attached hydrogens (tertiary/aromatic N) is 2. The Balaban J connectivity index is 1.45. The number of amides is 2. The second kappa shape index (κ2) is 7.26. The van der Waals surface area contributed by atoms with Crippen molar-refractivity contribution in [3.63, 3.8) is 0 Å². The number of hydrazine groups is 1. The van der Waals surface area contributed by atoms with E-state index in [0.29, 0.717) is 10.6 Å². The summed E-state index contributed by atoms with van der Waals surface area (Å²) in [5.74, 6) is -0.756. The van der Waals surface area contributed by atoms with Gasteiger partial charge in [0.05, 0.1) is 20.0 Å². The lowest BCUT2D eigenvalue weighted by Crippen LogP contribution is -2.41. The molecule has 2 amide bonds. The maximum Gasteiger partial charge on any atom is 0.286 e. The van der Waals surface area contributed by atoms with Crippen LogP contribution in [0.1, 0.15) is 20.2 Å². The molecule has 4 rings (SSSR count). The van der Waals surface area contributed by atoms with E-state index < -0.39 is 0 Å². The first-order valence-electron chi connectivity index (χ1n) is 7.89. The van der Waals surface area contributed by atoms with E-state index in [2.05, 4.69) is 31.8 Å². The lowest BCUT2D eigenvalue weighted by Gasteiger charge is -2.06. The summed E-state index contributed by atoms with van der Waals surface area (Å²) in [6.07, 6.45) is 1.76. The number of halogens is 1. The van der Waals surface area contributed by atoms with Crippen molar-refractivity contribution in [2.75, 3.05) is 0 Å². The van der Waals surface area contributed by atoms with Gasteiger partial charge in [-0.1, -0.05) is 12.1 Å². The van der Waals surface area contributed by atoms with Gasteiger partial charge in [-0.05, 0) is 46.3 Å². The van der Waals surface area contributed by atoms with Crippen LogP contribution in [0.2, 0.25) is 0 Å². The molecule has 0 aliphatic carbocycles. The average Bonchev–Trinajstić information content (AvgIpc) is 3.36. The number of hydrogen-bond acceptors (Lipinski definition) is 5. The number of aromatic nitrogens is 2. The number of para-hydroxylation sites is 1. The summed E-state index contributed by atoms with van der Waals surface area (Å²) in [6.45, 7) is 0. The molecule has 0 aliphatic rings. The molecular formula is C18H13BrN4O2S2. The van der Waals surface area contributed by atoms with Gasteiger partial charge in [-0.2, -0.15) is 0 Å². The number of hydrogen-bond donors (Lipinski definition) is 2. The number of carbonyl (C=O) groups excluding carboxylic acids is 2. The third kappa shape index (κ3) is 3.66. The van der Waals surface area contributed by atoms with Gasteiger partial charge < -0.3 is 4.57 Å². The summed E-state index contributed by atoms with van der Waals surface area (Å²) >= 11 is 6.24. The van der Waals surface area contributed by atoms with Gasteiger partial charge in [0.25, 0.3) is 11.8 Å². The van der Waals surface area contributed by atoms with Crippen molar-refractivity contribution < 1.29 is 9.59 Å². The molecule has 9 heteroatoms. The smallest absolute Gasteiger partial charge is 0.286 e. The zero-order valence-corrected chi connectivity index (χ0v) is 17.2. The molecular weight excluding hydrogens is 448 g/mol. The van der Waals surface area contributed by atoms with Crippen LogP contribution in [0.3, 0.4) is 0 Å². The van der Waals surface area contributed by atoms with Crippen molar-refractivity contribution in [3.8, 4) is 9.88 Å². The molecule has 4 aromatic rings. The van der Waals surface area contributed by atoms with Gasteiger partial charge in [0.1, 0.15) is 10.7 Å². The summed E-state index contributed by atoms with van der Waals surface area (Å²) in [5.41, 5.74) is 6.26. The van der Waals surface area contributed by atoms with Crippen LogP contribution < -0.4 is 10.9 Å². The Labute approximate surface area is 171 Å². The highest BCUT2D eigenvalue weighted by molar-refractivity contribution is 9.10. The van der Waals surface area contributed by atoms with E-state index >= 15 is 0 Å². The van der Waals surface area contributed by atoms with Gasteiger partial charge in [-0.25, -0.2) is 4.98 Å². The van der Waals surface area contributed by atoms with Crippen LogP contribution in [0.15, 0.2) is 53.1 Å². The minimum atomic E-state index is -0.389. The van der Waals surface area contributed by atoms with Gasteiger partial charge in [0.2, 0.25) is 0 Å². The summed E-state index contributed by atoms with van der Waals surface area (Å²) in [7, 11) is 1.76. The molecule has 0 bridgehead atoms. The topological polar surface area (TPSA) is 76.0 Å². The third-order valence-electron chi connectivity index (χ3n) is 3.83. The van der Waals surface area contributed by atoms with Crippen molar-refractivity contribution in [2.45, 2.75) is 0 Å². The van der Waals surface area contributed by atoms with E-state index in [-0.39, 0.29) is 11.8 Å². The second-order valence-electron chi connectivity index (χ2n) is 5.71. The van der Waals surface area contributed by atoms with E-state index in [0.717, 1.165) is 24.6 Å². The molecule has 0 saturated carbocycles. The second-order valence-corrected chi connectivity index (χ2v) is 8.74. The molecule has 0 radical (unpaired) electrons. The summed E-state index contributed by atoms with van der Waals surface area (Å²) in [4.78, 5) is 30.5. The molecule has 27 heavy (non-hydrogen) atoms. The van der Waals surface area contributed by atoms with Crippen LogP contribution in [-0.4, -0.2) is 21.4 Å². The molecule has 0 unspecified atom stereocenters. The monoisotopic (exact) mass is 460 g/mol. The highest BCUT2D eigenvalue weighted by atomic mass is 79.9. The predicted molar refractivity (Wildman–Crippen MR) is 111 cm³/mol. The summed E-state index contributed by atoms with van der Waals surface area (Å²) in [6, 6.07) is 13.2. The third-order valence-corrected chi connectivity index (χ3v) is 6.55. The van der Waals surface area contributed by atoms with Crippen LogP contribution >= 0.6 is 38.6 Å². The molecule has 0 spiro atoms. The first kappa shape index (κ1) is 17.9. The summed E-state index contributed by atoms with van der Waals surface area (Å²) < 4.78 is 3.56. The summed E-state index contributed by atoms with van der Waals surface area (Å²) in [5, 5.41) is 0.873. The lowest BCUT2D eigenvalue weighted by atomic mass is 10.3. The van der Waals surface area contributed by atoms with Gasteiger partial charge in [-0.15, -0.1) is 22.7 Å². The Morgan fingerprint density at radius 2 is 1.85 bits per heavy atom. The maximum absolute atomic E-state index is 12.3. The molecule has 3 heterocycles.